The van der Waals surface area contributed by atoms with Crippen molar-refractivity contribution in [1.29, 1.82) is 0 Å². The van der Waals surface area contributed by atoms with E-state index in [9.17, 15) is 0 Å². The molecule has 2 nitrogen and oxygen atoms in total. The molecular weight excluding hydrogens is 324 g/mol. The van der Waals surface area contributed by atoms with Crippen LogP contribution in [0.4, 0.5) is 0 Å². The van der Waals surface area contributed by atoms with Crippen molar-refractivity contribution in [2.75, 3.05) is 0 Å². The predicted octanol–water partition coefficient (Wildman–Crippen LogP) is 5.26. The van der Waals surface area contributed by atoms with Crippen LogP contribution >= 0.6 is 27.5 Å². The third-order valence-corrected chi connectivity index (χ3v) is 4.13. The third kappa shape index (κ3) is 2.17. The molecule has 1 aromatic heterocycles. The molecule has 0 radical (unpaired) electrons. The lowest BCUT2D eigenvalue weighted by atomic mass is 10.1. The van der Waals surface area contributed by atoms with Gasteiger partial charge < -0.3 is 4.98 Å². The van der Waals surface area contributed by atoms with E-state index in [4.69, 9.17) is 16.6 Å². The number of aryl methyl sites for hydroxylation is 1. The maximum absolute atomic E-state index is 6.17. The van der Waals surface area contributed by atoms with Gasteiger partial charge in [-0.3, -0.25) is 0 Å². The topological polar surface area (TPSA) is 28.7 Å². The second kappa shape index (κ2) is 4.66. The molecule has 1 N–H and O–H groups in total. The molecule has 0 fully saturated rings. The van der Waals surface area contributed by atoms with Crippen LogP contribution in [0.3, 0.4) is 0 Å². The molecule has 0 aliphatic rings. The van der Waals surface area contributed by atoms with Crippen molar-refractivity contribution >= 4 is 38.6 Å². The van der Waals surface area contributed by atoms with Crippen molar-refractivity contribution in [1.82, 2.24) is 9.97 Å². The second-order valence-electron chi connectivity index (χ2n) is 4.62. The molecule has 0 saturated heterocycles. The molecule has 0 spiro atoms. The lowest BCUT2D eigenvalue weighted by Gasteiger charge is -2.03. The maximum Gasteiger partial charge on any atom is 0.138 e. The van der Waals surface area contributed by atoms with E-state index in [2.05, 4.69) is 33.9 Å². The Kier molecular flexibility index (Phi) is 3.11. The zero-order valence-electron chi connectivity index (χ0n) is 10.6. The molecule has 19 heavy (non-hydrogen) atoms. The Bertz CT molecular complexity index is 777. The number of benzene rings is 2. The minimum absolute atomic E-state index is 0.760. The highest BCUT2D eigenvalue weighted by atomic mass is 79.9. The number of hydrogen-bond donors (Lipinski definition) is 1. The maximum atomic E-state index is 6.17. The van der Waals surface area contributed by atoms with E-state index in [0.717, 1.165) is 43.0 Å². The van der Waals surface area contributed by atoms with Gasteiger partial charge in [-0.15, -0.1) is 0 Å². The van der Waals surface area contributed by atoms with E-state index in [1.54, 1.807) is 0 Å². The van der Waals surface area contributed by atoms with Crippen molar-refractivity contribution in [2.45, 2.75) is 13.8 Å². The summed E-state index contributed by atoms with van der Waals surface area (Å²) in [6, 6.07) is 9.98. The van der Waals surface area contributed by atoms with Crippen LogP contribution in [0.25, 0.3) is 22.4 Å². The molecule has 3 rings (SSSR count). The lowest BCUT2D eigenvalue weighted by molar-refractivity contribution is 1.30. The number of aromatic amines is 1. The Hall–Kier alpha value is -1.32. The van der Waals surface area contributed by atoms with E-state index in [1.807, 2.05) is 31.2 Å². The van der Waals surface area contributed by atoms with Gasteiger partial charge in [0.15, 0.2) is 0 Å². The number of nitrogens with zero attached hydrogens (tertiary/aromatic N) is 1. The molecule has 0 amide bonds. The van der Waals surface area contributed by atoms with Crippen molar-refractivity contribution < 1.29 is 0 Å². The van der Waals surface area contributed by atoms with Gasteiger partial charge in [0.2, 0.25) is 0 Å². The highest BCUT2D eigenvalue weighted by Crippen LogP contribution is 2.30. The Morgan fingerprint density at radius 2 is 2.00 bits per heavy atom. The Morgan fingerprint density at radius 3 is 2.79 bits per heavy atom. The van der Waals surface area contributed by atoms with Gasteiger partial charge in [0.25, 0.3) is 0 Å². The number of nitrogens with one attached hydrogen (secondary N) is 1. The second-order valence-corrected chi connectivity index (χ2v) is 5.94. The van der Waals surface area contributed by atoms with Gasteiger partial charge in [-0.25, -0.2) is 4.98 Å². The summed E-state index contributed by atoms with van der Waals surface area (Å²) in [5.41, 5.74) is 5.25. The largest absolute Gasteiger partial charge is 0.338 e. The van der Waals surface area contributed by atoms with Crippen LogP contribution in [-0.2, 0) is 0 Å². The van der Waals surface area contributed by atoms with Crippen molar-refractivity contribution in [2.24, 2.45) is 0 Å². The summed E-state index contributed by atoms with van der Waals surface area (Å²) >= 11 is 9.68. The summed E-state index contributed by atoms with van der Waals surface area (Å²) in [4.78, 5) is 8.05. The molecule has 96 valence electrons. The Balaban J connectivity index is 2.26. The highest BCUT2D eigenvalue weighted by Gasteiger charge is 2.11. The van der Waals surface area contributed by atoms with Gasteiger partial charge in [0.1, 0.15) is 5.82 Å². The molecule has 0 saturated carbocycles. The molecule has 1 heterocycles. The number of hydrogen-bond acceptors (Lipinski definition) is 1. The van der Waals surface area contributed by atoms with Crippen LogP contribution in [0.2, 0.25) is 5.02 Å². The third-order valence-electron chi connectivity index (χ3n) is 3.26. The predicted molar refractivity (Wildman–Crippen MR) is 83.7 cm³/mol. The fourth-order valence-electron chi connectivity index (χ4n) is 2.24. The molecule has 2 aromatic carbocycles. The van der Waals surface area contributed by atoms with Gasteiger partial charge in [-0.1, -0.05) is 39.7 Å². The SMILES string of the molecule is Cc1c(Cl)cccc1-c1nc2c(C)cc(Br)cc2[nH]1. The smallest absolute Gasteiger partial charge is 0.138 e. The summed E-state index contributed by atoms with van der Waals surface area (Å²) in [7, 11) is 0. The van der Waals surface area contributed by atoms with E-state index >= 15 is 0 Å². The van der Waals surface area contributed by atoms with Crippen LogP contribution in [0.5, 0.6) is 0 Å². The van der Waals surface area contributed by atoms with Gasteiger partial charge in [0.05, 0.1) is 11.0 Å². The summed E-state index contributed by atoms with van der Waals surface area (Å²) in [6.07, 6.45) is 0. The van der Waals surface area contributed by atoms with Crippen LogP contribution in [0, 0.1) is 13.8 Å². The zero-order valence-corrected chi connectivity index (χ0v) is 12.9. The molecule has 0 unspecified atom stereocenters. The first-order valence-corrected chi connectivity index (χ1v) is 7.14. The first kappa shape index (κ1) is 12.7. The first-order chi connectivity index (χ1) is 9.06. The van der Waals surface area contributed by atoms with E-state index < -0.39 is 0 Å². The monoisotopic (exact) mass is 334 g/mol. The van der Waals surface area contributed by atoms with E-state index in [1.165, 1.54) is 0 Å². The first-order valence-electron chi connectivity index (χ1n) is 5.97. The number of aromatic nitrogens is 2. The average molecular weight is 336 g/mol. The lowest BCUT2D eigenvalue weighted by Crippen LogP contribution is -1.86. The summed E-state index contributed by atoms with van der Waals surface area (Å²) in [6.45, 7) is 4.07. The number of fused-ring (bicyclic) bond motifs is 1. The number of imidazole rings is 1. The molecular formula is C15H12BrClN2. The summed E-state index contributed by atoms with van der Waals surface area (Å²) in [5, 5.41) is 0.760. The van der Waals surface area contributed by atoms with E-state index in [-0.39, 0.29) is 0 Å². The van der Waals surface area contributed by atoms with Gasteiger partial charge in [-0.2, -0.15) is 0 Å². The minimum Gasteiger partial charge on any atom is -0.338 e. The van der Waals surface area contributed by atoms with Crippen LogP contribution in [0.15, 0.2) is 34.8 Å². The van der Waals surface area contributed by atoms with Gasteiger partial charge in [0, 0.05) is 15.1 Å². The number of rotatable bonds is 1. The van der Waals surface area contributed by atoms with E-state index in [0.29, 0.717) is 0 Å². The Morgan fingerprint density at radius 1 is 1.21 bits per heavy atom. The Labute approximate surface area is 124 Å². The normalized spacial score (nSPS) is 11.2. The summed E-state index contributed by atoms with van der Waals surface area (Å²) < 4.78 is 1.05. The quantitative estimate of drug-likeness (QED) is 0.645. The number of H-pyrrole nitrogens is 1. The fourth-order valence-corrected chi connectivity index (χ4v) is 2.98. The fraction of sp³-hybridized carbons (Fsp3) is 0.133. The van der Waals surface area contributed by atoms with Gasteiger partial charge >= 0.3 is 0 Å². The highest BCUT2D eigenvalue weighted by molar-refractivity contribution is 9.10. The molecule has 0 atom stereocenters. The molecule has 3 aromatic rings. The molecule has 4 heteroatoms. The van der Waals surface area contributed by atoms with Crippen LogP contribution < -0.4 is 0 Å². The molecule has 0 bridgehead atoms. The standard InChI is InChI=1S/C15H12BrClN2/c1-8-6-10(16)7-13-14(8)19-15(18-13)11-4-3-5-12(17)9(11)2/h3-7H,1-2H3,(H,18,19). The van der Waals surface area contributed by atoms with Crippen molar-refractivity contribution in [3.05, 3.63) is 51.0 Å². The average Bonchev–Trinajstić information content (AvgIpc) is 2.76. The van der Waals surface area contributed by atoms with Gasteiger partial charge in [-0.05, 0) is 43.2 Å². The van der Waals surface area contributed by atoms with Crippen LogP contribution in [0.1, 0.15) is 11.1 Å². The number of halogens is 2. The van der Waals surface area contributed by atoms with Crippen LogP contribution in [-0.4, -0.2) is 9.97 Å². The summed E-state index contributed by atoms with van der Waals surface area (Å²) in [5.74, 6) is 0.858. The molecule has 0 aliphatic carbocycles. The molecule has 0 aliphatic heterocycles. The van der Waals surface area contributed by atoms with Crippen molar-refractivity contribution in [3.63, 3.8) is 0 Å². The zero-order chi connectivity index (χ0) is 13.6. The van der Waals surface area contributed by atoms with Crippen molar-refractivity contribution in [3.8, 4) is 11.4 Å². The minimum atomic E-state index is 0.760.